The van der Waals surface area contributed by atoms with E-state index in [0.717, 1.165) is 23.8 Å². The number of aromatic nitrogens is 1. The lowest BCUT2D eigenvalue weighted by atomic mass is 9.75. The third-order valence-corrected chi connectivity index (χ3v) is 6.53. The van der Waals surface area contributed by atoms with Gasteiger partial charge in [-0.3, -0.25) is 9.78 Å². The predicted octanol–water partition coefficient (Wildman–Crippen LogP) is 4.40. The highest BCUT2D eigenvalue weighted by Crippen LogP contribution is 2.76. The molecule has 3 fully saturated rings. The Morgan fingerprint density at radius 1 is 1.17 bits per heavy atom. The van der Waals surface area contributed by atoms with Gasteiger partial charge in [0.05, 0.1) is 17.3 Å². The van der Waals surface area contributed by atoms with E-state index in [2.05, 4.69) is 10.3 Å². The first-order chi connectivity index (χ1) is 13.9. The molecule has 4 rings (SSSR count). The van der Waals surface area contributed by atoms with Gasteiger partial charge >= 0.3 is 12.4 Å². The average Bonchev–Trinajstić information content (AvgIpc) is 3.53. The highest BCUT2D eigenvalue weighted by Gasteiger charge is 2.83. The molecule has 160 valence electrons. The van der Waals surface area contributed by atoms with Crippen LogP contribution >= 0.6 is 0 Å². The summed E-state index contributed by atoms with van der Waals surface area (Å²) in [5.41, 5.74) is -3.20. The molecule has 0 unspecified atom stereocenters. The fraction of sp³-hybridized carbons (Fsp3) is 0.684. The molecular formula is C19H21F6N3O. The van der Waals surface area contributed by atoms with Crippen molar-refractivity contribution in [2.75, 3.05) is 18.4 Å². The summed E-state index contributed by atoms with van der Waals surface area (Å²) in [6.07, 6.45) is -8.63. The van der Waals surface area contributed by atoms with E-state index >= 15 is 0 Å². The Balaban J connectivity index is 1.66. The van der Waals surface area contributed by atoms with Gasteiger partial charge in [-0.1, -0.05) is 0 Å². The third-order valence-electron chi connectivity index (χ3n) is 6.53. The Kier molecular flexibility index (Phi) is 4.34. The highest BCUT2D eigenvalue weighted by molar-refractivity contribution is 5.98. The van der Waals surface area contributed by atoms with Gasteiger partial charge in [-0.05, 0) is 62.7 Å². The summed E-state index contributed by atoms with van der Waals surface area (Å²) in [5, 5.41) is 3.38. The number of anilines is 1. The molecule has 29 heavy (non-hydrogen) atoms. The lowest BCUT2D eigenvalue weighted by molar-refractivity contribution is -0.303. The van der Waals surface area contributed by atoms with E-state index in [0.29, 0.717) is 5.92 Å². The third kappa shape index (κ3) is 3.49. The van der Waals surface area contributed by atoms with Crippen molar-refractivity contribution >= 4 is 11.6 Å². The number of nitrogens with zero attached hydrogens (tertiary/aromatic N) is 1. The second kappa shape index (κ2) is 6.58. The molecule has 1 amide bonds. The van der Waals surface area contributed by atoms with Gasteiger partial charge in [0.2, 0.25) is 5.91 Å². The SMILES string of the molecule is [2H]N1CCC2(CC1)C[C@]2(C(=O)Nc1ccc(C2CC2)nc1)C(C(F)(F)F)C(F)(F)F. The Morgan fingerprint density at radius 2 is 1.79 bits per heavy atom. The molecule has 2 saturated carbocycles. The minimum Gasteiger partial charge on any atom is -0.324 e. The van der Waals surface area contributed by atoms with Gasteiger partial charge in [-0.2, -0.15) is 26.3 Å². The van der Waals surface area contributed by atoms with Crippen molar-refractivity contribution in [3.63, 3.8) is 0 Å². The molecule has 10 heteroatoms. The first-order valence-corrected chi connectivity index (χ1v) is 9.54. The highest BCUT2D eigenvalue weighted by atomic mass is 19.4. The monoisotopic (exact) mass is 422 g/mol. The Bertz CT molecular complexity index is 801. The minimum atomic E-state index is -5.62. The number of rotatable bonds is 4. The standard InChI is InChI=1S/C19H21F6N3O/c20-18(21,22)14(19(23,24)25)17(10-16(17)5-7-26-8-6-16)15(29)28-12-3-4-13(27-9-12)11-1-2-11/h3-4,9,11,14,26H,1-2,5-8,10H2,(H,28,29)/t17-/m1/s1/i/hD. The number of amides is 1. The van der Waals surface area contributed by atoms with Crippen LogP contribution in [0.1, 0.15) is 43.7 Å². The van der Waals surface area contributed by atoms with E-state index in [-0.39, 0.29) is 31.6 Å². The van der Waals surface area contributed by atoms with Gasteiger partial charge in [0, 0.05) is 11.6 Å². The maximum atomic E-state index is 13.7. The van der Waals surface area contributed by atoms with E-state index in [1.807, 2.05) is 0 Å². The quantitative estimate of drug-likeness (QED) is 0.708. The number of nitrogens with one attached hydrogen (secondary N) is 2. The maximum absolute atomic E-state index is 13.7. The van der Waals surface area contributed by atoms with Crippen molar-refractivity contribution in [1.82, 2.24) is 10.3 Å². The molecule has 1 aromatic rings. The van der Waals surface area contributed by atoms with Crippen LogP contribution in [0, 0.1) is 16.7 Å². The Morgan fingerprint density at radius 3 is 2.28 bits per heavy atom. The number of carbonyl (C=O) groups excluding carboxylic acids is 1. The van der Waals surface area contributed by atoms with Crippen LogP contribution in [0.5, 0.6) is 0 Å². The molecule has 0 aromatic carbocycles. The molecule has 1 aromatic heterocycles. The van der Waals surface area contributed by atoms with Crippen molar-refractivity contribution < 1.29 is 32.5 Å². The molecular weight excluding hydrogens is 400 g/mol. The van der Waals surface area contributed by atoms with Crippen molar-refractivity contribution in [2.24, 2.45) is 16.7 Å². The Hall–Kier alpha value is -1.84. The van der Waals surface area contributed by atoms with Crippen LogP contribution in [0.3, 0.4) is 0 Å². The maximum Gasteiger partial charge on any atom is 0.401 e. The number of piperidine rings is 1. The van der Waals surface area contributed by atoms with Crippen LogP contribution in [0.15, 0.2) is 18.3 Å². The van der Waals surface area contributed by atoms with Crippen molar-refractivity contribution in [3.05, 3.63) is 24.0 Å². The second-order valence-electron chi connectivity index (χ2n) is 8.32. The van der Waals surface area contributed by atoms with E-state index in [4.69, 9.17) is 1.41 Å². The van der Waals surface area contributed by atoms with E-state index in [1.165, 1.54) is 12.3 Å². The van der Waals surface area contributed by atoms with Gasteiger partial charge in [-0.25, -0.2) is 0 Å². The zero-order valence-electron chi connectivity index (χ0n) is 16.4. The summed E-state index contributed by atoms with van der Waals surface area (Å²) in [7, 11) is 0. The molecule has 0 bridgehead atoms. The summed E-state index contributed by atoms with van der Waals surface area (Å²) in [5.74, 6) is -4.71. The van der Waals surface area contributed by atoms with Crippen LogP contribution < -0.4 is 10.6 Å². The topological polar surface area (TPSA) is 54.0 Å². The van der Waals surface area contributed by atoms with Crippen molar-refractivity contribution in [3.8, 4) is 0 Å². The van der Waals surface area contributed by atoms with Crippen LogP contribution in [0.2, 0.25) is 1.41 Å². The lowest BCUT2D eigenvalue weighted by Gasteiger charge is -2.36. The smallest absolute Gasteiger partial charge is 0.324 e. The lowest BCUT2D eigenvalue weighted by Crippen LogP contribution is -2.51. The summed E-state index contributed by atoms with van der Waals surface area (Å²) in [6, 6.07) is 3.09. The summed E-state index contributed by atoms with van der Waals surface area (Å²) >= 11 is 0. The first-order valence-electron chi connectivity index (χ1n) is 9.98. The fourth-order valence-corrected chi connectivity index (χ4v) is 4.88. The van der Waals surface area contributed by atoms with Gasteiger partial charge in [0.25, 0.3) is 0 Å². The zero-order chi connectivity index (χ0) is 21.9. The van der Waals surface area contributed by atoms with Gasteiger partial charge in [0.1, 0.15) is 1.41 Å². The number of hydrogen-bond acceptors (Lipinski definition) is 3. The van der Waals surface area contributed by atoms with E-state index in [1.54, 1.807) is 6.07 Å². The molecule has 1 spiro atoms. The number of pyridine rings is 1. The van der Waals surface area contributed by atoms with Crippen LogP contribution in [-0.2, 0) is 4.79 Å². The van der Waals surface area contributed by atoms with Gasteiger partial charge in [0.15, 0.2) is 5.92 Å². The molecule has 2 N–H and O–H groups in total. The molecule has 1 saturated heterocycles. The van der Waals surface area contributed by atoms with Crippen LogP contribution in [-0.4, -0.2) is 36.3 Å². The largest absolute Gasteiger partial charge is 0.401 e. The normalized spacial score (nSPS) is 27.8. The van der Waals surface area contributed by atoms with Crippen LogP contribution in [0.4, 0.5) is 32.0 Å². The fourth-order valence-electron chi connectivity index (χ4n) is 4.88. The number of alkyl halides is 6. The first kappa shape index (κ1) is 19.1. The van der Waals surface area contributed by atoms with Gasteiger partial charge < -0.3 is 10.6 Å². The average molecular weight is 422 g/mol. The molecule has 2 aliphatic carbocycles. The van der Waals surface area contributed by atoms with E-state index in [9.17, 15) is 31.1 Å². The Labute approximate surface area is 164 Å². The van der Waals surface area contributed by atoms with Crippen LogP contribution in [0.25, 0.3) is 0 Å². The minimum absolute atomic E-state index is 0.0229. The van der Waals surface area contributed by atoms with Crippen molar-refractivity contribution in [1.29, 1.82) is 0 Å². The molecule has 3 aliphatic rings. The predicted molar refractivity (Wildman–Crippen MR) is 92.0 cm³/mol. The molecule has 2 heterocycles. The number of hydrogen-bond donors (Lipinski definition) is 2. The zero-order valence-corrected chi connectivity index (χ0v) is 15.4. The molecule has 1 aliphatic heterocycles. The van der Waals surface area contributed by atoms with Gasteiger partial charge in [-0.15, -0.1) is 0 Å². The summed E-state index contributed by atoms with van der Waals surface area (Å²) < 4.78 is 89.5. The molecule has 0 radical (unpaired) electrons. The number of halogens is 6. The molecule has 1 atom stereocenters. The summed E-state index contributed by atoms with van der Waals surface area (Å²) in [4.78, 5) is 17.2. The van der Waals surface area contributed by atoms with Crippen molar-refractivity contribution in [2.45, 2.75) is 50.4 Å². The summed E-state index contributed by atoms with van der Waals surface area (Å²) in [6.45, 7) is 0.0458. The molecule has 4 nitrogen and oxygen atoms in total. The van der Waals surface area contributed by atoms with E-state index < -0.39 is 41.4 Å². The second-order valence-corrected chi connectivity index (χ2v) is 8.32. The number of carbonyl (C=O) groups is 1.